The summed E-state index contributed by atoms with van der Waals surface area (Å²) in [6.07, 6.45) is 5.68. The smallest absolute Gasteiger partial charge is 0.0443 e. The normalized spacial score (nSPS) is 18.4. The maximum absolute atomic E-state index is 5.69. The highest BCUT2D eigenvalue weighted by Gasteiger charge is 2.16. The Labute approximate surface area is 86.8 Å². The van der Waals surface area contributed by atoms with E-state index in [1.54, 1.807) is 0 Å². The zero-order valence-electron chi connectivity index (χ0n) is 8.56. The molecule has 0 saturated heterocycles. The van der Waals surface area contributed by atoms with E-state index in [2.05, 4.69) is 18.5 Å². The lowest BCUT2D eigenvalue weighted by atomic mass is 10.1. The van der Waals surface area contributed by atoms with Crippen molar-refractivity contribution in [3.05, 3.63) is 12.2 Å². The minimum absolute atomic E-state index is 0.592. The second kappa shape index (κ2) is 5.66. The van der Waals surface area contributed by atoms with Crippen LogP contribution >= 0.6 is 11.6 Å². The maximum Gasteiger partial charge on any atom is 0.0443 e. The summed E-state index contributed by atoms with van der Waals surface area (Å²) >= 11 is 5.69. The number of nitrogens with zero attached hydrogens (tertiary/aromatic N) is 1. The van der Waals surface area contributed by atoms with Crippen LogP contribution in [0, 0.1) is 5.92 Å². The molecular formula is C11H20ClN. The van der Waals surface area contributed by atoms with Crippen LogP contribution in [-0.2, 0) is 0 Å². The first-order valence-corrected chi connectivity index (χ1v) is 5.67. The van der Waals surface area contributed by atoms with Gasteiger partial charge >= 0.3 is 0 Å². The lowest BCUT2D eigenvalue weighted by Crippen LogP contribution is -2.26. The number of alkyl halides is 1. The standard InChI is InChI=1S/C11H20ClN/c1-10(7-12)8-13(2)9-11-5-3-4-6-11/h11H,1,3-9H2,2H3. The Balaban J connectivity index is 2.16. The summed E-state index contributed by atoms with van der Waals surface area (Å²) < 4.78 is 0. The third-order valence-corrected chi connectivity index (χ3v) is 3.11. The van der Waals surface area contributed by atoms with E-state index in [9.17, 15) is 0 Å². The van der Waals surface area contributed by atoms with Gasteiger partial charge in [0.05, 0.1) is 0 Å². The SMILES string of the molecule is C=C(CCl)CN(C)CC1CCCC1. The Kier molecular flexibility index (Phi) is 4.82. The molecule has 0 aromatic rings. The Hall–Kier alpha value is -0.0100. The topological polar surface area (TPSA) is 3.24 Å². The molecule has 2 heteroatoms. The fourth-order valence-electron chi connectivity index (χ4n) is 2.12. The third-order valence-electron chi connectivity index (χ3n) is 2.73. The summed E-state index contributed by atoms with van der Waals surface area (Å²) in [5.74, 6) is 1.52. The van der Waals surface area contributed by atoms with Crippen LogP contribution < -0.4 is 0 Å². The molecule has 0 atom stereocenters. The molecule has 0 bridgehead atoms. The van der Waals surface area contributed by atoms with Gasteiger partial charge in [0, 0.05) is 19.0 Å². The van der Waals surface area contributed by atoms with E-state index < -0.39 is 0 Å². The average Bonchev–Trinajstić information content (AvgIpc) is 2.56. The van der Waals surface area contributed by atoms with Gasteiger partial charge in [-0.3, -0.25) is 0 Å². The van der Waals surface area contributed by atoms with Crippen molar-refractivity contribution in [2.45, 2.75) is 25.7 Å². The van der Waals surface area contributed by atoms with Crippen LogP contribution in [0.15, 0.2) is 12.2 Å². The molecule has 1 nitrogen and oxygen atoms in total. The minimum Gasteiger partial charge on any atom is -0.302 e. The quantitative estimate of drug-likeness (QED) is 0.489. The van der Waals surface area contributed by atoms with Crippen molar-refractivity contribution in [1.82, 2.24) is 4.90 Å². The first kappa shape index (κ1) is 11.1. The molecule has 0 heterocycles. The van der Waals surface area contributed by atoms with E-state index in [4.69, 9.17) is 11.6 Å². The highest BCUT2D eigenvalue weighted by Crippen LogP contribution is 2.25. The van der Waals surface area contributed by atoms with Gasteiger partial charge in [0.15, 0.2) is 0 Å². The molecule has 1 fully saturated rings. The summed E-state index contributed by atoms with van der Waals surface area (Å²) in [6, 6.07) is 0. The molecule has 0 aromatic carbocycles. The second-order valence-corrected chi connectivity index (χ2v) is 4.50. The number of halogens is 1. The Morgan fingerprint density at radius 1 is 1.46 bits per heavy atom. The zero-order chi connectivity index (χ0) is 9.68. The fourth-order valence-corrected chi connectivity index (χ4v) is 2.21. The van der Waals surface area contributed by atoms with Crippen LogP contribution in [0.2, 0.25) is 0 Å². The lowest BCUT2D eigenvalue weighted by Gasteiger charge is -2.20. The molecule has 0 radical (unpaired) electrons. The molecule has 13 heavy (non-hydrogen) atoms. The predicted molar refractivity (Wildman–Crippen MR) is 59.3 cm³/mol. The molecule has 76 valence electrons. The van der Waals surface area contributed by atoms with Gasteiger partial charge in [0.1, 0.15) is 0 Å². The van der Waals surface area contributed by atoms with Gasteiger partial charge in [-0.1, -0.05) is 19.4 Å². The van der Waals surface area contributed by atoms with Gasteiger partial charge in [-0.25, -0.2) is 0 Å². The van der Waals surface area contributed by atoms with Crippen molar-refractivity contribution >= 4 is 11.6 Å². The summed E-state index contributed by atoms with van der Waals surface area (Å²) in [6.45, 7) is 6.09. The zero-order valence-corrected chi connectivity index (χ0v) is 9.32. The summed E-state index contributed by atoms with van der Waals surface area (Å²) in [5, 5.41) is 0. The highest BCUT2D eigenvalue weighted by molar-refractivity contribution is 6.19. The van der Waals surface area contributed by atoms with Gasteiger partial charge in [0.25, 0.3) is 0 Å². The first-order chi connectivity index (χ1) is 6.22. The molecule has 1 saturated carbocycles. The largest absolute Gasteiger partial charge is 0.302 e. The van der Waals surface area contributed by atoms with E-state index in [1.165, 1.54) is 32.2 Å². The number of hydrogen-bond acceptors (Lipinski definition) is 1. The van der Waals surface area contributed by atoms with Crippen LogP contribution in [0.1, 0.15) is 25.7 Å². The molecule has 1 aliphatic carbocycles. The van der Waals surface area contributed by atoms with Crippen LogP contribution in [0.4, 0.5) is 0 Å². The Morgan fingerprint density at radius 2 is 2.08 bits per heavy atom. The van der Waals surface area contributed by atoms with E-state index >= 15 is 0 Å². The van der Waals surface area contributed by atoms with Crippen molar-refractivity contribution in [2.24, 2.45) is 5.92 Å². The van der Waals surface area contributed by atoms with Crippen molar-refractivity contribution in [3.8, 4) is 0 Å². The van der Waals surface area contributed by atoms with Crippen LogP contribution in [0.25, 0.3) is 0 Å². The fraction of sp³-hybridized carbons (Fsp3) is 0.818. The molecule has 0 aromatic heterocycles. The Morgan fingerprint density at radius 3 is 2.62 bits per heavy atom. The van der Waals surface area contributed by atoms with Crippen molar-refractivity contribution in [1.29, 1.82) is 0 Å². The first-order valence-electron chi connectivity index (χ1n) is 5.13. The Bertz CT molecular complexity index is 161. The molecule has 0 N–H and O–H groups in total. The van der Waals surface area contributed by atoms with Crippen LogP contribution in [0.3, 0.4) is 0 Å². The van der Waals surface area contributed by atoms with E-state index in [-0.39, 0.29) is 0 Å². The third kappa shape index (κ3) is 4.15. The highest BCUT2D eigenvalue weighted by atomic mass is 35.5. The molecule has 1 rings (SSSR count). The lowest BCUT2D eigenvalue weighted by molar-refractivity contribution is 0.298. The summed E-state index contributed by atoms with van der Waals surface area (Å²) in [4.78, 5) is 2.35. The number of likely N-dealkylation sites (N-methyl/N-ethyl adjacent to an activating group) is 1. The van der Waals surface area contributed by atoms with Crippen molar-refractivity contribution < 1.29 is 0 Å². The molecular weight excluding hydrogens is 182 g/mol. The van der Waals surface area contributed by atoms with E-state index in [1.807, 2.05) is 0 Å². The van der Waals surface area contributed by atoms with Gasteiger partial charge in [0.2, 0.25) is 0 Å². The summed E-state index contributed by atoms with van der Waals surface area (Å²) in [5.41, 5.74) is 1.13. The predicted octanol–water partition coefficient (Wildman–Crippen LogP) is 2.90. The van der Waals surface area contributed by atoms with Gasteiger partial charge in [-0.15, -0.1) is 11.6 Å². The van der Waals surface area contributed by atoms with Crippen LogP contribution in [0.5, 0.6) is 0 Å². The van der Waals surface area contributed by atoms with Crippen molar-refractivity contribution in [3.63, 3.8) is 0 Å². The molecule has 0 amide bonds. The van der Waals surface area contributed by atoms with E-state index in [0.29, 0.717) is 5.88 Å². The van der Waals surface area contributed by atoms with Gasteiger partial charge in [-0.05, 0) is 31.4 Å². The maximum atomic E-state index is 5.69. The van der Waals surface area contributed by atoms with Crippen molar-refractivity contribution in [2.75, 3.05) is 26.0 Å². The molecule has 0 spiro atoms. The van der Waals surface area contributed by atoms with Crippen LogP contribution in [-0.4, -0.2) is 30.9 Å². The number of rotatable bonds is 5. The molecule has 0 aliphatic heterocycles. The minimum atomic E-state index is 0.592. The monoisotopic (exact) mass is 201 g/mol. The van der Waals surface area contributed by atoms with E-state index in [0.717, 1.165) is 18.0 Å². The summed E-state index contributed by atoms with van der Waals surface area (Å²) in [7, 11) is 2.16. The van der Waals surface area contributed by atoms with Gasteiger partial charge in [-0.2, -0.15) is 0 Å². The molecule has 0 unspecified atom stereocenters. The van der Waals surface area contributed by atoms with Gasteiger partial charge < -0.3 is 4.90 Å². The molecule has 1 aliphatic rings. The second-order valence-electron chi connectivity index (χ2n) is 4.23. The average molecular weight is 202 g/mol. The number of hydrogen-bond donors (Lipinski definition) is 0.